The number of hydrogen-bond acceptors (Lipinski definition) is 2. The van der Waals surface area contributed by atoms with Crippen LogP contribution in [0, 0.1) is 5.82 Å². The molecule has 1 unspecified atom stereocenters. The molecule has 1 atom stereocenters. The number of hydrogen-bond donors (Lipinski definition) is 0. The van der Waals surface area contributed by atoms with Crippen molar-refractivity contribution in [2.45, 2.75) is 4.90 Å². The number of nitrogens with zero attached hydrogens (tertiary/aromatic N) is 1. The van der Waals surface area contributed by atoms with Gasteiger partial charge in [0.05, 0.1) is 6.21 Å². The summed E-state index contributed by atoms with van der Waals surface area (Å²) in [5.41, 5.74) is 0.567. The molecule has 5 heteroatoms. The third-order valence-electron chi connectivity index (χ3n) is 2.16. The lowest BCUT2D eigenvalue weighted by Gasteiger charge is -2.02. The van der Waals surface area contributed by atoms with Crippen LogP contribution in [-0.2, 0) is 11.4 Å². The second-order valence-corrected chi connectivity index (χ2v) is 5.11. The van der Waals surface area contributed by atoms with Gasteiger partial charge in [-0.1, -0.05) is 28.1 Å². The summed E-state index contributed by atoms with van der Waals surface area (Å²) in [6.45, 7) is 0. The molecule has 18 heavy (non-hydrogen) atoms. The van der Waals surface area contributed by atoms with Crippen LogP contribution >= 0.6 is 11.6 Å². The van der Waals surface area contributed by atoms with E-state index in [0.29, 0.717) is 15.5 Å². The number of rotatable bonds is 3. The minimum atomic E-state index is -1.51. The summed E-state index contributed by atoms with van der Waals surface area (Å²) in [7, 11) is 0. The molecule has 0 spiro atoms. The Bertz CT molecular complexity index is 559. The van der Waals surface area contributed by atoms with Crippen molar-refractivity contribution in [1.82, 2.24) is 0 Å². The molecule has 2 aromatic rings. The molecule has 0 saturated heterocycles. The summed E-state index contributed by atoms with van der Waals surface area (Å²) in [5, 5.41) is 0.574. The van der Waals surface area contributed by atoms with E-state index < -0.39 is 11.4 Å². The Balaban J connectivity index is 2.11. The molecule has 0 radical (unpaired) electrons. The molecule has 0 fully saturated rings. The van der Waals surface area contributed by atoms with Gasteiger partial charge in [-0.2, -0.15) is 0 Å². The maximum absolute atomic E-state index is 12.9. The van der Waals surface area contributed by atoms with E-state index in [-0.39, 0.29) is 5.82 Å². The highest BCUT2D eigenvalue weighted by molar-refractivity contribution is 7.90. The predicted octanol–water partition coefficient (Wildman–Crippen LogP) is 3.62. The SMILES string of the molecule is [O-][S+](N=Cc1cccc(F)c1)c1ccc(Cl)cc1. The van der Waals surface area contributed by atoms with E-state index in [2.05, 4.69) is 4.40 Å². The van der Waals surface area contributed by atoms with Crippen molar-refractivity contribution >= 4 is 29.2 Å². The van der Waals surface area contributed by atoms with Gasteiger partial charge in [0.2, 0.25) is 0 Å². The third-order valence-corrected chi connectivity index (χ3v) is 3.39. The first-order chi connectivity index (χ1) is 8.65. The van der Waals surface area contributed by atoms with Gasteiger partial charge in [-0.15, -0.1) is 0 Å². The first-order valence-electron chi connectivity index (χ1n) is 5.12. The van der Waals surface area contributed by atoms with Crippen molar-refractivity contribution in [3.63, 3.8) is 0 Å². The molecule has 2 rings (SSSR count). The first-order valence-corrected chi connectivity index (χ1v) is 6.61. The topological polar surface area (TPSA) is 35.4 Å². The van der Waals surface area contributed by atoms with Crippen molar-refractivity contribution in [2.24, 2.45) is 4.40 Å². The second-order valence-electron chi connectivity index (χ2n) is 3.49. The number of halogens is 2. The summed E-state index contributed by atoms with van der Waals surface area (Å²) < 4.78 is 28.6. The lowest BCUT2D eigenvalue weighted by Crippen LogP contribution is -1.97. The Morgan fingerprint density at radius 2 is 1.89 bits per heavy atom. The number of benzene rings is 2. The van der Waals surface area contributed by atoms with Crippen molar-refractivity contribution in [2.75, 3.05) is 0 Å². The molecule has 0 aliphatic rings. The van der Waals surface area contributed by atoms with Crippen LogP contribution in [0.15, 0.2) is 57.8 Å². The fourth-order valence-electron chi connectivity index (χ4n) is 1.31. The molecule has 0 saturated carbocycles. The molecule has 0 aromatic heterocycles. The third kappa shape index (κ3) is 3.57. The maximum atomic E-state index is 12.9. The highest BCUT2D eigenvalue weighted by atomic mass is 35.5. The fraction of sp³-hybridized carbons (Fsp3) is 0. The van der Waals surface area contributed by atoms with Gasteiger partial charge >= 0.3 is 0 Å². The zero-order valence-corrected chi connectivity index (χ0v) is 10.8. The molecule has 0 amide bonds. The summed E-state index contributed by atoms with van der Waals surface area (Å²) in [5.74, 6) is -0.351. The summed E-state index contributed by atoms with van der Waals surface area (Å²) >= 11 is 4.22. The maximum Gasteiger partial charge on any atom is 0.182 e. The molecule has 0 bridgehead atoms. The standard InChI is InChI=1S/C13H9ClFNOS/c14-11-4-6-13(7-5-11)18(17)16-9-10-2-1-3-12(15)8-10/h1-9H. The first kappa shape index (κ1) is 13.1. The summed E-state index contributed by atoms with van der Waals surface area (Å²) in [6.07, 6.45) is 1.38. The van der Waals surface area contributed by atoms with Crippen molar-refractivity contribution in [1.29, 1.82) is 0 Å². The van der Waals surface area contributed by atoms with Gasteiger partial charge < -0.3 is 4.55 Å². The van der Waals surface area contributed by atoms with E-state index in [9.17, 15) is 8.94 Å². The summed E-state index contributed by atoms with van der Waals surface area (Å²) in [6, 6.07) is 12.5. The highest BCUT2D eigenvalue weighted by Crippen LogP contribution is 2.16. The van der Waals surface area contributed by atoms with Gasteiger partial charge in [0, 0.05) is 10.6 Å². The van der Waals surface area contributed by atoms with Crippen LogP contribution in [0.25, 0.3) is 0 Å². The quantitative estimate of drug-likeness (QED) is 0.625. The second kappa shape index (κ2) is 6.00. The minimum Gasteiger partial charge on any atom is -0.586 e. The fourth-order valence-corrected chi connectivity index (χ4v) is 2.14. The Hall–Kier alpha value is -1.36. The molecule has 0 N–H and O–H groups in total. The van der Waals surface area contributed by atoms with E-state index in [1.54, 1.807) is 36.4 Å². The molecular weight excluding hydrogens is 273 g/mol. The van der Waals surface area contributed by atoms with Crippen LogP contribution < -0.4 is 0 Å². The van der Waals surface area contributed by atoms with Gasteiger partial charge in [-0.05, 0) is 36.4 Å². The van der Waals surface area contributed by atoms with Crippen molar-refractivity contribution in [3.8, 4) is 0 Å². The van der Waals surface area contributed by atoms with Crippen LogP contribution in [0.4, 0.5) is 4.39 Å². The molecule has 0 aliphatic carbocycles. The molecular formula is C13H9ClFNOS. The van der Waals surface area contributed by atoms with Crippen LogP contribution in [0.1, 0.15) is 5.56 Å². The van der Waals surface area contributed by atoms with Crippen molar-refractivity contribution < 1.29 is 8.94 Å². The largest absolute Gasteiger partial charge is 0.586 e. The van der Waals surface area contributed by atoms with Crippen molar-refractivity contribution in [3.05, 3.63) is 64.9 Å². The monoisotopic (exact) mass is 281 g/mol. The molecule has 92 valence electrons. The Kier molecular flexibility index (Phi) is 4.36. The van der Waals surface area contributed by atoms with Gasteiger partial charge in [0.1, 0.15) is 17.2 Å². The molecule has 0 heterocycles. The minimum absolute atomic E-state index is 0.351. The van der Waals surface area contributed by atoms with E-state index in [0.717, 1.165) is 0 Å². The molecule has 2 nitrogen and oxygen atoms in total. The Morgan fingerprint density at radius 1 is 1.17 bits per heavy atom. The van der Waals surface area contributed by atoms with E-state index >= 15 is 0 Å². The van der Waals surface area contributed by atoms with Crippen LogP contribution in [0.3, 0.4) is 0 Å². The molecule has 2 aromatic carbocycles. The zero-order valence-electron chi connectivity index (χ0n) is 9.22. The Morgan fingerprint density at radius 3 is 2.56 bits per heavy atom. The highest BCUT2D eigenvalue weighted by Gasteiger charge is 2.08. The van der Waals surface area contributed by atoms with Crippen LogP contribution in [0.2, 0.25) is 5.02 Å². The van der Waals surface area contributed by atoms with E-state index in [1.165, 1.54) is 18.3 Å². The normalized spacial score (nSPS) is 12.8. The lowest BCUT2D eigenvalue weighted by molar-refractivity contribution is 0.597. The van der Waals surface area contributed by atoms with Gasteiger partial charge in [-0.3, -0.25) is 0 Å². The average Bonchev–Trinajstić information content (AvgIpc) is 2.37. The van der Waals surface area contributed by atoms with Gasteiger partial charge in [0.25, 0.3) is 0 Å². The van der Waals surface area contributed by atoms with Crippen LogP contribution in [-0.4, -0.2) is 10.8 Å². The van der Waals surface area contributed by atoms with Crippen LogP contribution in [0.5, 0.6) is 0 Å². The average molecular weight is 282 g/mol. The zero-order chi connectivity index (χ0) is 13.0. The van der Waals surface area contributed by atoms with Gasteiger partial charge in [-0.25, -0.2) is 4.39 Å². The van der Waals surface area contributed by atoms with E-state index in [1.807, 2.05) is 0 Å². The van der Waals surface area contributed by atoms with E-state index in [4.69, 9.17) is 11.6 Å². The predicted molar refractivity (Wildman–Crippen MR) is 71.9 cm³/mol. The van der Waals surface area contributed by atoms with Gasteiger partial charge in [0.15, 0.2) is 4.90 Å². The smallest absolute Gasteiger partial charge is 0.182 e. The summed E-state index contributed by atoms with van der Waals surface area (Å²) in [4.78, 5) is 0.548. The lowest BCUT2D eigenvalue weighted by atomic mass is 10.2. The molecule has 0 aliphatic heterocycles. The Labute approximate surface area is 112 Å².